The molecule has 0 atom stereocenters. The van der Waals surface area contributed by atoms with E-state index in [0.717, 1.165) is 11.3 Å². The number of nitro groups is 1. The zero-order chi connectivity index (χ0) is 14.5. The molecule has 6 heteroatoms. The first kappa shape index (κ1) is 13.8. The van der Waals surface area contributed by atoms with Crippen molar-refractivity contribution < 1.29 is 9.66 Å². The number of aromatic nitrogens is 1. The quantitative estimate of drug-likeness (QED) is 0.669. The van der Waals surface area contributed by atoms with E-state index >= 15 is 0 Å². The number of benzene rings is 1. The van der Waals surface area contributed by atoms with E-state index < -0.39 is 0 Å². The molecule has 0 saturated carbocycles. The van der Waals surface area contributed by atoms with Crippen molar-refractivity contribution in [2.24, 2.45) is 0 Å². The summed E-state index contributed by atoms with van der Waals surface area (Å²) in [5.74, 6) is 0.544. The van der Waals surface area contributed by atoms with Gasteiger partial charge in [0.2, 0.25) is 5.88 Å². The van der Waals surface area contributed by atoms with E-state index in [1.54, 1.807) is 32.4 Å². The third-order valence-electron chi connectivity index (χ3n) is 3.04. The summed E-state index contributed by atoms with van der Waals surface area (Å²) >= 11 is 0. The van der Waals surface area contributed by atoms with Crippen LogP contribution < -0.4 is 10.1 Å². The molecule has 20 heavy (non-hydrogen) atoms. The summed E-state index contributed by atoms with van der Waals surface area (Å²) in [7, 11) is 1.56. The number of ether oxygens (including phenoxy) is 1. The summed E-state index contributed by atoms with van der Waals surface area (Å²) in [6.45, 7) is 2.25. The third-order valence-corrected chi connectivity index (χ3v) is 3.04. The van der Waals surface area contributed by atoms with Crippen LogP contribution in [0.1, 0.15) is 11.1 Å². The molecule has 0 aliphatic heterocycles. The van der Waals surface area contributed by atoms with Crippen LogP contribution >= 0.6 is 0 Å². The number of hydrogen-bond donors (Lipinski definition) is 1. The Morgan fingerprint density at radius 1 is 1.35 bits per heavy atom. The van der Waals surface area contributed by atoms with Crippen LogP contribution in [-0.2, 0) is 6.54 Å². The molecule has 6 nitrogen and oxygen atoms in total. The van der Waals surface area contributed by atoms with E-state index in [4.69, 9.17) is 4.74 Å². The molecule has 0 fully saturated rings. The normalized spacial score (nSPS) is 10.1. The fourth-order valence-electron chi connectivity index (χ4n) is 1.86. The molecule has 1 aromatic carbocycles. The van der Waals surface area contributed by atoms with Crippen molar-refractivity contribution in [3.63, 3.8) is 0 Å². The number of anilines is 1. The van der Waals surface area contributed by atoms with Gasteiger partial charge in [-0.15, -0.1) is 0 Å². The van der Waals surface area contributed by atoms with Gasteiger partial charge >= 0.3 is 0 Å². The lowest BCUT2D eigenvalue weighted by molar-refractivity contribution is -0.385. The molecule has 2 aromatic rings. The highest BCUT2D eigenvalue weighted by Crippen LogP contribution is 2.22. The van der Waals surface area contributed by atoms with Gasteiger partial charge in [0, 0.05) is 24.2 Å². The van der Waals surface area contributed by atoms with Gasteiger partial charge in [-0.05, 0) is 18.6 Å². The molecule has 0 aliphatic rings. The van der Waals surface area contributed by atoms with Gasteiger partial charge in [-0.25, -0.2) is 4.98 Å². The Kier molecular flexibility index (Phi) is 4.14. The van der Waals surface area contributed by atoms with E-state index in [1.807, 2.05) is 12.1 Å². The standard InChI is InChI=1S/C14H15N3O3/c1-10-11(4-3-5-13(10)17(18)19)8-15-12-6-7-14(20-2)16-9-12/h3-7,9,15H,8H2,1-2H3. The number of hydrogen-bond acceptors (Lipinski definition) is 5. The van der Waals surface area contributed by atoms with Crippen molar-refractivity contribution in [3.8, 4) is 5.88 Å². The van der Waals surface area contributed by atoms with Crippen LogP contribution in [0.4, 0.5) is 11.4 Å². The van der Waals surface area contributed by atoms with Gasteiger partial charge in [0.15, 0.2) is 0 Å². The van der Waals surface area contributed by atoms with Crippen LogP contribution in [0.25, 0.3) is 0 Å². The number of nitrogens with one attached hydrogen (secondary N) is 1. The molecular weight excluding hydrogens is 258 g/mol. The summed E-state index contributed by atoms with van der Waals surface area (Å²) < 4.78 is 4.98. The Hall–Kier alpha value is -2.63. The lowest BCUT2D eigenvalue weighted by Crippen LogP contribution is -2.03. The van der Waals surface area contributed by atoms with E-state index in [2.05, 4.69) is 10.3 Å². The third kappa shape index (κ3) is 3.03. The number of nitro benzene ring substituents is 1. The van der Waals surface area contributed by atoms with E-state index in [-0.39, 0.29) is 10.6 Å². The minimum Gasteiger partial charge on any atom is -0.481 e. The van der Waals surface area contributed by atoms with Crippen molar-refractivity contribution in [2.45, 2.75) is 13.5 Å². The first-order chi connectivity index (χ1) is 9.61. The largest absolute Gasteiger partial charge is 0.481 e. The Balaban J connectivity index is 2.10. The molecule has 2 rings (SSSR count). The van der Waals surface area contributed by atoms with Gasteiger partial charge in [0.25, 0.3) is 5.69 Å². The molecule has 1 N–H and O–H groups in total. The zero-order valence-corrected chi connectivity index (χ0v) is 11.3. The molecular formula is C14H15N3O3. The molecule has 104 valence electrons. The van der Waals surface area contributed by atoms with Crippen LogP contribution in [-0.4, -0.2) is 17.0 Å². The monoisotopic (exact) mass is 273 g/mol. The Morgan fingerprint density at radius 3 is 2.75 bits per heavy atom. The van der Waals surface area contributed by atoms with Crippen molar-refractivity contribution in [1.29, 1.82) is 0 Å². The highest BCUT2D eigenvalue weighted by Gasteiger charge is 2.12. The smallest absolute Gasteiger partial charge is 0.272 e. The van der Waals surface area contributed by atoms with Crippen molar-refractivity contribution >= 4 is 11.4 Å². The Bertz CT molecular complexity index is 612. The summed E-state index contributed by atoms with van der Waals surface area (Å²) in [4.78, 5) is 14.6. The highest BCUT2D eigenvalue weighted by molar-refractivity contribution is 5.48. The molecule has 1 aromatic heterocycles. The van der Waals surface area contributed by atoms with Gasteiger partial charge in [-0.2, -0.15) is 0 Å². The number of nitrogens with zero attached hydrogens (tertiary/aromatic N) is 2. The second kappa shape index (κ2) is 6.01. The first-order valence-corrected chi connectivity index (χ1v) is 6.08. The number of rotatable bonds is 5. The lowest BCUT2D eigenvalue weighted by Gasteiger charge is -2.09. The molecule has 0 radical (unpaired) electrons. The van der Waals surface area contributed by atoms with Crippen LogP contribution in [0.15, 0.2) is 36.5 Å². The van der Waals surface area contributed by atoms with E-state index in [9.17, 15) is 10.1 Å². The lowest BCUT2D eigenvalue weighted by atomic mass is 10.1. The molecule has 0 aliphatic carbocycles. The molecule has 1 heterocycles. The fraction of sp³-hybridized carbons (Fsp3) is 0.214. The van der Waals surface area contributed by atoms with Crippen molar-refractivity contribution in [1.82, 2.24) is 4.98 Å². The van der Waals surface area contributed by atoms with Crippen LogP contribution in [0.2, 0.25) is 0 Å². The zero-order valence-electron chi connectivity index (χ0n) is 11.3. The second-order valence-electron chi connectivity index (χ2n) is 4.26. The first-order valence-electron chi connectivity index (χ1n) is 6.08. The minimum absolute atomic E-state index is 0.136. The van der Waals surface area contributed by atoms with E-state index in [0.29, 0.717) is 18.0 Å². The Morgan fingerprint density at radius 2 is 2.15 bits per heavy atom. The van der Waals surface area contributed by atoms with Gasteiger partial charge in [0.1, 0.15) is 0 Å². The van der Waals surface area contributed by atoms with Gasteiger partial charge in [-0.3, -0.25) is 10.1 Å². The molecule has 0 bridgehead atoms. The van der Waals surface area contributed by atoms with Gasteiger partial charge < -0.3 is 10.1 Å². The Labute approximate surface area is 116 Å². The average Bonchev–Trinajstić information content (AvgIpc) is 2.46. The van der Waals surface area contributed by atoms with Crippen LogP contribution in [0.5, 0.6) is 5.88 Å². The predicted octanol–water partition coefficient (Wildman–Crippen LogP) is 2.92. The minimum atomic E-state index is -0.367. The summed E-state index contributed by atoms with van der Waals surface area (Å²) in [6, 6.07) is 8.66. The molecule has 0 unspecified atom stereocenters. The average molecular weight is 273 g/mol. The summed E-state index contributed by atoms with van der Waals surface area (Å²) in [5.41, 5.74) is 2.52. The maximum Gasteiger partial charge on any atom is 0.272 e. The molecule has 0 saturated heterocycles. The molecule has 0 spiro atoms. The number of pyridine rings is 1. The predicted molar refractivity (Wildman–Crippen MR) is 75.9 cm³/mol. The fourth-order valence-corrected chi connectivity index (χ4v) is 1.86. The number of methoxy groups -OCH3 is 1. The summed E-state index contributed by atoms with van der Waals surface area (Å²) in [6.07, 6.45) is 1.66. The topological polar surface area (TPSA) is 77.3 Å². The maximum absolute atomic E-state index is 10.9. The molecule has 0 amide bonds. The van der Waals surface area contributed by atoms with Crippen molar-refractivity contribution in [3.05, 3.63) is 57.8 Å². The second-order valence-corrected chi connectivity index (χ2v) is 4.26. The summed E-state index contributed by atoms with van der Waals surface area (Å²) in [5, 5.41) is 14.1. The highest BCUT2D eigenvalue weighted by atomic mass is 16.6. The van der Waals surface area contributed by atoms with Crippen LogP contribution in [0.3, 0.4) is 0 Å². The van der Waals surface area contributed by atoms with Gasteiger partial charge in [0.05, 0.1) is 23.9 Å². The maximum atomic E-state index is 10.9. The van der Waals surface area contributed by atoms with Gasteiger partial charge in [-0.1, -0.05) is 12.1 Å². The van der Waals surface area contributed by atoms with Crippen molar-refractivity contribution in [2.75, 3.05) is 12.4 Å². The van der Waals surface area contributed by atoms with Crippen LogP contribution in [0, 0.1) is 17.0 Å². The van der Waals surface area contributed by atoms with E-state index in [1.165, 1.54) is 6.07 Å². The SMILES string of the molecule is COc1ccc(NCc2cccc([N+](=O)[O-])c2C)cn1.